The Hall–Kier alpha value is -3.00. The third-order valence-corrected chi connectivity index (χ3v) is 5.38. The Labute approximate surface area is 154 Å². The fourth-order valence-electron chi connectivity index (χ4n) is 3.78. The molecule has 0 saturated heterocycles. The van der Waals surface area contributed by atoms with Gasteiger partial charge in [-0.3, -0.25) is 13.8 Å². The summed E-state index contributed by atoms with van der Waals surface area (Å²) in [4.78, 5) is 28.6. The van der Waals surface area contributed by atoms with E-state index in [1.54, 1.807) is 30.3 Å². The van der Waals surface area contributed by atoms with E-state index in [4.69, 9.17) is 9.71 Å². The molecule has 4 rings (SSSR count). The first-order valence-corrected chi connectivity index (χ1v) is 9.90. The van der Waals surface area contributed by atoms with Gasteiger partial charge in [-0.15, -0.1) is 0 Å². The molecule has 0 radical (unpaired) electrons. The Kier molecular flexibility index (Phi) is 3.88. The number of hydrogen-bond acceptors (Lipinski definition) is 6. The van der Waals surface area contributed by atoms with E-state index in [0.29, 0.717) is 22.3 Å². The highest BCUT2D eigenvalue weighted by molar-refractivity contribution is 7.86. The van der Waals surface area contributed by atoms with Crippen molar-refractivity contribution in [3.05, 3.63) is 80.2 Å². The van der Waals surface area contributed by atoms with Gasteiger partial charge in [0.2, 0.25) is 0 Å². The van der Waals surface area contributed by atoms with Crippen LogP contribution in [0.3, 0.4) is 0 Å². The van der Waals surface area contributed by atoms with Gasteiger partial charge in [-0.05, 0) is 22.7 Å². The maximum absolute atomic E-state index is 13.1. The third kappa shape index (κ3) is 2.73. The van der Waals surface area contributed by atoms with Crippen LogP contribution in [0.5, 0.6) is 0 Å². The Bertz CT molecular complexity index is 1170. The molecule has 2 atom stereocenters. The number of hydrogen-bond donors (Lipinski definition) is 0. The molecule has 0 fully saturated rings. The van der Waals surface area contributed by atoms with E-state index in [-0.39, 0.29) is 29.1 Å². The number of azide groups is 1. The van der Waals surface area contributed by atoms with Crippen molar-refractivity contribution < 1.29 is 22.2 Å². The van der Waals surface area contributed by atoms with E-state index in [1.807, 2.05) is 0 Å². The Morgan fingerprint density at radius 1 is 1.07 bits per heavy atom. The molecule has 2 aliphatic carbocycles. The monoisotopic (exact) mass is 383 g/mol. The molecular weight excluding hydrogens is 370 g/mol. The summed E-state index contributed by atoms with van der Waals surface area (Å²) in [7, 11) is -3.81. The average Bonchev–Trinajstić information content (AvgIpc) is 2.95. The standard InChI is InChI=1S/C18H13N3O5S/c1-27(24,25)26-14-8-13-9(16(14)20-21-19)6-7-12-15(13)18(23)11-5-3-2-4-10(11)17(12)22/h2-7,14,16H,8H2,1H3/t14-,16+/m1/s1. The van der Waals surface area contributed by atoms with Crippen molar-refractivity contribution in [3.8, 4) is 0 Å². The first kappa shape index (κ1) is 17.4. The molecule has 2 aromatic carbocycles. The highest BCUT2D eigenvalue weighted by Crippen LogP contribution is 2.42. The van der Waals surface area contributed by atoms with Crippen LogP contribution >= 0.6 is 0 Å². The van der Waals surface area contributed by atoms with E-state index in [2.05, 4.69) is 10.0 Å². The van der Waals surface area contributed by atoms with Crippen LogP contribution in [0.15, 0.2) is 41.5 Å². The highest BCUT2D eigenvalue weighted by atomic mass is 32.2. The van der Waals surface area contributed by atoms with Crippen molar-refractivity contribution in [2.45, 2.75) is 18.6 Å². The SMILES string of the molecule is CS(=O)(=O)O[C@@H]1Cc2c(ccc3c2C(=O)c2ccccc2C3=O)[C@@H]1N=[N+]=[N-]. The van der Waals surface area contributed by atoms with Crippen molar-refractivity contribution in [1.82, 2.24) is 0 Å². The molecule has 2 aliphatic rings. The summed E-state index contributed by atoms with van der Waals surface area (Å²) in [6, 6.07) is 8.77. The quantitative estimate of drug-likeness (QED) is 0.297. The van der Waals surface area contributed by atoms with Crippen LogP contribution < -0.4 is 0 Å². The van der Waals surface area contributed by atoms with E-state index < -0.39 is 22.3 Å². The maximum atomic E-state index is 13.1. The Morgan fingerprint density at radius 2 is 1.74 bits per heavy atom. The summed E-state index contributed by atoms with van der Waals surface area (Å²) in [6.45, 7) is 0. The number of carbonyl (C=O) groups is 2. The second kappa shape index (κ2) is 6.02. The number of carbonyl (C=O) groups excluding carboxylic acids is 2. The first-order chi connectivity index (χ1) is 12.8. The minimum Gasteiger partial charge on any atom is -0.289 e. The van der Waals surface area contributed by atoms with Gasteiger partial charge in [0.1, 0.15) is 0 Å². The van der Waals surface area contributed by atoms with Gasteiger partial charge in [-0.2, -0.15) is 8.42 Å². The summed E-state index contributed by atoms with van der Waals surface area (Å²) in [5.74, 6) is -0.576. The Balaban J connectivity index is 1.90. The molecule has 9 heteroatoms. The molecule has 0 unspecified atom stereocenters. The summed E-state index contributed by atoms with van der Waals surface area (Å²) in [5, 5.41) is 3.66. The van der Waals surface area contributed by atoms with E-state index >= 15 is 0 Å². The lowest BCUT2D eigenvalue weighted by molar-refractivity contribution is 0.0978. The van der Waals surface area contributed by atoms with Crippen molar-refractivity contribution in [1.29, 1.82) is 0 Å². The van der Waals surface area contributed by atoms with Gasteiger partial charge in [0.05, 0.1) is 18.4 Å². The van der Waals surface area contributed by atoms with Gasteiger partial charge in [-0.25, -0.2) is 0 Å². The van der Waals surface area contributed by atoms with E-state index in [9.17, 15) is 18.0 Å². The molecule has 0 heterocycles. The predicted molar refractivity (Wildman–Crippen MR) is 95.1 cm³/mol. The second-order valence-electron chi connectivity index (χ2n) is 6.45. The second-order valence-corrected chi connectivity index (χ2v) is 8.05. The molecule has 136 valence electrons. The molecule has 0 aliphatic heterocycles. The van der Waals surface area contributed by atoms with Crippen LogP contribution in [0.1, 0.15) is 49.0 Å². The minimum absolute atomic E-state index is 0.0520. The lowest BCUT2D eigenvalue weighted by Gasteiger charge is -2.20. The summed E-state index contributed by atoms with van der Waals surface area (Å²) in [6.07, 6.45) is -0.00236. The molecule has 27 heavy (non-hydrogen) atoms. The fraction of sp³-hybridized carbons (Fsp3) is 0.222. The van der Waals surface area contributed by atoms with Gasteiger partial charge < -0.3 is 0 Å². The van der Waals surface area contributed by atoms with Crippen molar-refractivity contribution in [2.24, 2.45) is 5.11 Å². The minimum atomic E-state index is -3.81. The zero-order chi connectivity index (χ0) is 19.3. The van der Waals surface area contributed by atoms with Crippen molar-refractivity contribution in [3.63, 3.8) is 0 Å². The van der Waals surface area contributed by atoms with Gasteiger partial charge >= 0.3 is 0 Å². The van der Waals surface area contributed by atoms with E-state index in [0.717, 1.165) is 6.26 Å². The fourth-order valence-corrected chi connectivity index (χ4v) is 4.41. The molecule has 0 aromatic heterocycles. The van der Waals surface area contributed by atoms with Crippen LogP contribution in [0.25, 0.3) is 10.4 Å². The van der Waals surface area contributed by atoms with E-state index in [1.165, 1.54) is 6.07 Å². The lowest BCUT2D eigenvalue weighted by atomic mass is 9.81. The molecule has 0 saturated carbocycles. The van der Waals surface area contributed by atoms with Crippen molar-refractivity contribution in [2.75, 3.05) is 6.26 Å². The Morgan fingerprint density at radius 3 is 2.37 bits per heavy atom. The first-order valence-electron chi connectivity index (χ1n) is 8.08. The van der Waals surface area contributed by atoms with Gasteiger partial charge in [-0.1, -0.05) is 35.4 Å². The molecule has 8 nitrogen and oxygen atoms in total. The average molecular weight is 383 g/mol. The van der Waals surface area contributed by atoms with Crippen LogP contribution in [-0.2, 0) is 20.7 Å². The van der Waals surface area contributed by atoms with Crippen LogP contribution in [-0.4, -0.2) is 32.3 Å². The van der Waals surface area contributed by atoms with Gasteiger partial charge in [0.15, 0.2) is 11.6 Å². The predicted octanol–water partition coefficient (Wildman–Crippen LogP) is 2.71. The number of ketones is 2. The smallest absolute Gasteiger partial charge is 0.264 e. The molecule has 0 spiro atoms. The van der Waals surface area contributed by atoms with Gasteiger partial charge in [0.25, 0.3) is 10.1 Å². The lowest BCUT2D eigenvalue weighted by Crippen LogP contribution is -2.23. The van der Waals surface area contributed by atoms with Crippen LogP contribution in [0.4, 0.5) is 0 Å². The maximum Gasteiger partial charge on any atom is 0.264 e. The largest absolute Gasteiger partial charge is 0.289 e. The molecule has 0 amide bonds. The molecule has 0 N–H and O–H groups in total. The summed E-state index contributed by atoms with van der Waals surface area (Å²) < 4.78 is 28.2. The topological polar surface area (TPSA) is 126 Å². The van der Waals surface area contributed by atoms with Crippen LogP contribution in [0, 0.1) is 0 Å². The third-order valence-electron chi connectivity index (χ3n) is 4.79. The number of fused-ring (bicyclic) bond motifs is 4. The zero-order valence-corrected chi connectivity index (χ0v) is 14.9. The van der Waals surface area contributed by atoms with Crippen LogP contribution in [0.2, 0.25) is 0 Å². The normalized spacial score (nSPS) is 20.5. The molecule has 0 bridgehead atoms. The zero-order valence-electron chi connectivity index (χ0n) is 14.1. The summed E-state index contributed by atoms with van der Waals surface area (Å²) >= 11 is 0. The number of nitrogens with zero attached hydrogens (tertiary/aromatic N) is 3. The summed E-state index contributed by atoms with van der Waals surface area (Å²) in [5.41, 5.74) is 11.0. The molecular formula is C18H13N3O5S. The number of rotatable bonds is 3. The molecule has 2 aromatic rings. The highest BCUT2D eigenvalue weighted by Gasteiger charge is 2.41. The van der Waals surface area contributed by atoms with Gasteiger partial charge in [0, 0.05) is 33.6 Å². The van der Waals surface area contributed by atoms with Crippen molar-refractivity contribution >= 4 is 21.7 Å². The number of benzene rings is 2.